The lowest BCUT2D eigenvalue weighted by molar-refractivity contribution is -0.126. The molecule has 0 aromatic heterocycles. The lowest BCUT2D eigenvalue weighted by Crippen LogP contribution is -2.39. The van der Waals surface area contributed by atoms with E-state index < -0.39 is 0 Å². The number of fused-ring (bicyclic) bond motifs is 1. The fourth-order valence-corrected chi connectivity index (χ4v) is 2.82. The molecule has 5 heteroatoms. The van der Waals surface area contributed by atoms with E-state index in [9.17, 15) is 4.79 Å². The third-order valence-corrected chi connectivity index (χ3v) is 4.58. The molecule has 2 aliphatic rings. The molecule has 148 valence electrons. The van der Waals surface area contributed by atoms with E-state index in [1.165, 1.54) is 49.9 Å². The zero-order valence-corrected chi connectivity index (χ0v) is 17.6. The standard InChI is InChI=1S/C9H19N.C8H8O2.C4H9NO/c1-4-10-7-5-6-9(2,3)8-10;1-6-2-3-7-8(4-6)10-5-9-7;1-4(6)5(2)3/h4-8H2,1-3H3;2-4H,5H2,1H3;1-3H3. The second kappa shape index (κ2) is 10.4. The van der Waals surface area contributed by atoms with Gasteiger partial charge in [0.25, 0.3) is 0 Å². The van der Waals surface area contributed by atoms with Gasteiger partial charge in [-0.2, -0.15) is 0 Å². The van der Waals surface area contributed by atoms with Crippen molar-refractivity contribution in [1.82, 2.24) is 9.80 Å². The molecule has 1 fully saturated rings. The summed E-state index contributed by atoms with van der Waals surface area (Å²) in [7, 11) is 3.45. The van der Waals surface area contributed by atoms with Crippen LogP contribution in [0.5, 0.6) is 11.5 Å². The molecular formula is C21H36N2O3. The van der Waals surface area contributed by atoms with Crippen molar-refractivity contribution in [2.45, 2.75) is 47.5 Å². The van der Waals surface area contributed by atoms with Crippen LogP contribution in [0.3, 0.4) is 0 Å². The summed E-state index contributed by atoms with van der Waals surface area (Å²) in [4.78, 5) is 14.1. The van der Waals surface area contributed by atoms with Gasteiger partial charge in [-0.1, -0.05) is 26.8 Å². The third-order valence-electron chi connectivity index (χ3n) is 4.58. The first-order valence-electron chi connectivity index (χ1n) is 9.41. The fraction of sp³-hybridized carbons (Fsp3) is 0.667. The minimum atomic E-state index is 0.0926. The number of hydrogen-bond donors (Lipinski definition) is 0. The number of likely N-dealkylation sites (tertiary alicyclic amines) is 1. The monoisotopic (exact) mass is 364 g/mol. The van der Waals surface area contributed by atoms with Crippen LogP contribution in [0, 0.1) is 12.3 Å². The predicted molar refractivity (Wildman–Crippen MR) is 107 cm³/mol. The number of nitrogens with zero attached hydrogens (tertiary/aromatic N) is 2. The first kappa shape index (κ1) is 22.3. The lowest BCUT2D eigenvalue weighted by Gasteiger charge is -2.37. The Hall–Kier alpha value is -1.75. The topological polar surface area (TPSA) is 42.0 Å². The molecule has 26 heavy (non-hydrogen) atoms. The Morgan fingerprint density at radius 3 is 2.35 bits per heavy atom. The quantitative estimate of drug-likeness (QED) is 0.757. The highest BCUT2D eigenvalue weighted by Crippen LogP contribution is 2.32. The third kappa shape index (κ3) is 8.09. The van der Waals surface area contributed by atoms with Crippen molar-refractivity contribution in [3.8, 4) is 11.5 Å². The lowest BCUT2D eigenvalue weighted by atomic mass is 9.84. The molecule has 1 saturated heterocycles. The first-order chi connectivity index (χ1) is 12.1. The molecular weight excluding hydrogens is 328 g/mol. The Balaban J connectivity index is 0.000000203. The Bertz CT molecular complexity index is 570. The van der Waals surface area contributed by atoms with Crippen molar-refractivity contribution >= 4 is 5.91 Å². The summed E-state index contributed by atoms with van der Waals surface area (Å²) in [6.07, 6.45) is 2.80. The molecule has 0 saturated carbocycles. The second-order valence-electron chi connectivity index (χ2n) is 7.91. The van der Waals surface area contributed by atoms with E-state index in [-0.39, 0.29) is 5.91 Å². The smallest absolute Gasteiger partial charge is 0.231 e. The summed E-state index contributed by atoms with van der Waals surface area (Å²) < 4.78 is 10.3. The van der Waals surface area contributed by atoms with Gasteiger partial charge in [0.2, 0.25) is 12.7 Å². The van der Waals surface area contributed by atoms with Gasteiger partial charge in [0.05, 0.1) is 0 Å². The highest BCUT2D eigenvalue weighted by Gasteiger charge is 2.24. The largest absolute Gasteiger partial charge is 0.454 e. The average molecular weight is 365 g/mol. The van der Waals surface area contributed by atoms with E-state index in [1.807, 2.05) is 25.1 Å². The van der Waals surface area contributed by atoms with Crippen molar-refractivity contribution in [2.75, 3.05) is 40.5 Å². The minimum absolute atomic E-state index is 0.0926. The van der Waals surface area contributed by atoms with Gasteiger partial charge in [-0.15, -0.1) is 0 Å². The predicted octanol–water partition coefficient (Wildman–Crippen LogP) is 3.95. The van der Waals surface area contributed by atoms with Crippen LogP contribution in [0.2, 0.25) is 0 Å². The molecule has 3 rings (SSSR count). The van der Waals surface area contributed by atoms with Gasteiger partial charge >= 0.3 is 0 Å². The highest BCUT2D eigenvalue weighted by molar-refractivity contribution is 5.72. The van der Waals surface area contributed by atoms with E-state index in [0.29, 0.717) is 12.2 Å². The van der Waals surface area contributed by atoms with Crippen LogP contribution in [0.25, 0.3) is 0 Å². The molecule has 5 nitrogen and oxygen atoms in total. The first-order valence-corrected chi connectivity index (χ1v) is 9.41. The van der Waals surface area contributed by atoms with E-state index in [0.717, 1.165) is 11.5 Å². The average Bonchev–Trinajstić information content (AvgIpc) is 3.02. The molecule has 0 bridgehead atoms. The molecule has 0 N–H and O–H groups in total. The van der Waals surface area contributed by atoms with Crippen molar-refractivity contribution in [1.29, 1.82) is 0 Å². The van der Waals surface area contributed by atoms with Crippen molar-refractivity contribution in [2.24, 2.45) is 5.41 Å². The van der Waals surface area contributed by atoms with Crippen molar-refractivity contribution < 1.29 is 14.3 Å². The summed E-state index contributed by atoms with van der Waals surface area (Å²) in [6, 6.07) is 5.91. The zero-order chi connectivity index (χ0) is 19.7. The Morgan fingerprint density at radius 1 is 1.23 bits per heavy atom. The Morgan fingerprint density at radius 2 is 1.85 bits per heavy atom. The fourth-order valence-electron chi connectivity index (χ4n) is 2.82. The molecule has 0 atom stereocenters. The Kier molecular flexibility index (Phi) is 8.93. The van der Waals surface area contributed by atoms with Gasteiger partial charge in [-0.05, 0) is 56.0 Å². The maximum atomic E-state index is 10.1. The second-order valence-corrected chi connectivity index (χ2v) is 7.91. The number of hydrogen-bond acceptors (Lipinski definition) is 4. The number of ether oxygens (including phenoxy) is 2. The summed E-state index contributed by atoms with van der Waals surface area (Å²) in [5.74, 6) is 1.81. The van der Waals surface area contributed by atoms with Crippen LogP contribution in [0.1, 0.15) is 46.1 Å². The molecule has 1 amide bonds. The summed E-state index contributed by atoms with van der Waals surface area (Å²) in [5.41, 5.74) is 1.78. The van der Waals surface area contributed by atoms with Gasteiger partial charge in [0.15, 0.2) is 11.5 Å². The number of benzene rings is 1. The molecule has 1 aromatic carbocycles. The van der Waals surface area contributed by atoms with Gasteiger partial charge in [-0.25, -0.2) is 0 Å². The van der Waals surface area contributed by atoms with Crippen molar-refractivity contribution in [3.05, 3.63) is 23.8 Å². The van der Waals surface area contributed by atoms with Crippen molar-refractivity contribution in [3.63, 3.8) is 0 Å². The normalized spacial score (nSPS) is 17.3. The van der Waals surface area contributed by atoms with E-state index in [2.05, 4.69) is 25.7 Å². The van der Waals surface area contributed by atoms with Crippen LogP contribution < -0.4 is 9.47 Å². The summed E-state index contributed by atoms with van der Waals surface area (Å²) >= 11 is 0. The van der Waals surface area contributed by atoms with Gasteiger partial charge in [-0.3, -0.25) is 4.79 Å². The Labute approximate surface area is 159 Å². The maximum absolute atomic E-state index is 10.1. The number of carbonyl (C=O) groups excluding carboxylic acids is 1. The maximum Gasteiger partial charge on any atom is 0.231 e. The number of amides is 1. The molecule has 2 heterocycles. The SMILES string of the molecule is CC(=O)N(C)C.CCN1CCCC(C)(C)C1.Cc1ccc2c(c1)OCO2. The molecule has 0 aliphatic carbocycles. The molecule has 0 unspecified atom stereocenters. The minimum Gasteiger partial charge on any atom is -0.454 e. The van der Waals surface area contributed by atoms with E-state index in [1.54, 1.807) is 14.1 Å². The number of carbonyl (C=O) groups is 1. The number of aryl methyl sites for hydroxylation is 1. The molecule has 1 aromatic rings. The molecule has 2 aliphatic heterocycles. The van der Waals surface area contributed by atoms with Gasteiger partial charge < -0.3 is 19.3 Å². The highest BCUT2D eigenvalue weighted by atomic mass is 16.7. The van der Waals surface area contributed by atoms with Crippen LogP contribution in [-0.2, 0) is 4.79 Å². The summed E-state index contributed by atoms with van der Waals surface area (Å²) in [5, 5.41) is 0. The zero-order valence-electron chi connectivity index (χ0n) is 17.6. The van der Waals surface area contributed by atoms with Crippen LogP contribution in [0.15, 0.2) is 18.2 Å². The van der Waals surface area contributed by atoms with Crippen LogP contribution in [0.4, 0.5) is 0 Å². The van der Waals surface area contributed by atoms with E-state index >= 15 is 0 Å². The summed E-state index contributed by atoms with van der Waals surface area (Å²) in [6.45, 7) is 14.7. The van der Waals surface area contributed by atoms with E-state index in [4.69, 9.17) is 9.47 Å². The molecule has 0 spiro atoms. The van der Waals surface area contributed by atoms with Gasteiger partial charge in [0.1, 0.15) is 0 Å². The van der Waals surface area contributed by atoms with Crippen LogP contribution in [-0.4, -0.2) is 56.2 Å². The number of piperidine rings is 1. The van der Waals surface area contributed by atoms with Gasteiger partial charge in [0, 0.05) is 27.6 Å². The molecule has 0 radical (unpaired) electrons. The number of rotatable bonds is 1. The van der Waals surface area contributed by atoms with Crippen LogP contribution >= 0.6 is 0 Å².